The standard InChI is InChI=1S/C44H34O4/c1-45-39-35-37(43-33-29-23-15-7-3-11-19(23)27(31(33)41(35)47-43)20-12-4-8-16-24(20)29)40(46-2)38-36(39)42-32-28-21-13-5-9-17-25(21)30(34(32)44(38)48-42)26-18-10-6-14-22(26)28/h3-18,27-34,41-44H,1-2H3/t27?,28?,29?,30?,31-,32-,33-,34+,41+,42+,43+,44+/m1/s1. The fourth-order valence-electron chi connectivity index (χ4n) is 13.1. The minimum atomic E-state index is -0.0439. The molecule has 2 fully saturated rings. The summed E-state index contributed by atoms with van der Waals surface area (Å²) in [6.45, 7) is 0. The maximum atomic E-state index is 7.26. The van der Waals surface area contributed by atoms with Gasteiger partial charge in [0.1, 0.15) is 11.5 Å². The Balaban J connectivity index is 1.04. The Morgan fingerprint density at radius 2 is 0.562 bits per heavy atom. The van der Waals surface area contributed by atoms with Gasteiger partial charge in [0.15, 0.2) is 0 Å². The van der Waals surface area contributed by atoms with Crippen molar-refractivity contribution in [2.24, 2.45) is 23.7 Å². The Morgan fingerprint density at radius 3 is 0.750 bits per heavy atom. The summed E-state index contributed by atoms with van der Waals surface area (Å²) < 4.78 is 27.7. The van der Waals surface area contributed by atoms with Gasteiger partial charge < -0.3 is 18.9 Å². The van der Waals surface area contributed by atoms with Gasteiger partial charge in [0.2, 0.25) is 0 Å². The minimum Gasteiger partial charge on any atom is -0.496 e. The van der Waals surface area contributed by atoms with Gasteiger partial charge in [-0.3, -0.25) is 0 Å². The Labute approximate surface area is 279 Å². The fourth-order valence-corrected chi connectivity index (χ4v) is 13.1. The molecule has 0 aromatic heterocycles. The molecule has 0 N–H and O–H groups in total. The molecule has 0 radical (unpaired) electrons. The number of rotatable bonds is 2. The molecule has 4 aliphatic heterocycles. The Bertz CT molecular complexity index is 1880. The van der Waals surface area contributed by atoms with Crippen molar-refractivity contribution < 1.29 is 18.9 Å². The molecule has 5 aromatic rings. The van der Waals surface area contributed by atoms with Gasteiger partial charge in [0, 0.05) is 69.6 Å². The van der Waals surface area contributed by atoms with E-state index in [-0.39, 0.29) is 24.4 Å². The van der Waals surface area contributed by atoms with Crippen LogP contribution in [-0.2, 0) is 9.47 Å². The van der Waals surface area contributed by atoms with Gasteiger partial charge in [-0.2, -0.15) is 0 Å². The molecule has 0 amide bonds. The average Bonchev–Trinajstić information content (AvgIpc) is 3.93. The van der Waals surface area contributed by atoms with Crippen molar-refractivity contribution in [3.05, 3.63) is 164 Å². The molecular weight excluding hydrogens is 592 g/mol. The molecule has 0 saturated carbocycles. The summed E-state index contributed by atoms with van der Waals surface area (Å²) >= 11 is 0. The molecule has 5 aromatic carbocycles. The highest BCUT2D eigenvalue weighted by Crippen LogP contribution is 2.79. The second kappa shape index (κ2) is 8.42. The molecule has 10 aliphatic rings. The van der Waals surface area contributed by atoms with E-state index in [0.717, 1.165) is 11.5 Å². The van der Waals surface area contributed by atoms with E-state index in [0.29, 0.717) is 47.3 Å². The van der Waals surface area contributed by atoms with Crippen molar-refractivity contribution >= 4 is 0 Å². The lowest BCUT2D eigenvalue weighted by Gasteiger charge is -2.52. The van der Waals surface area contributed by atoms with E-state index >= 15 is 0 Å². The molecule has 234 valence electrons. The first-order valence-electron chi connectivity index (χ1n) is 17.8. The molecule has 0 unspecified atom stereocenters. The van der Waals surface area contributed by atoms with Crippen LogP contribution in [0, 0.1) is 23.7 Å². The average molecular weight is 627 g/mol. The number of hydrogen-bond donors (Lipinski definition) is 0. The number of benzene rings is 5. The fraction of sp³-hybridized carbons (Fsp3) is 0.318. The lowest BCUT2D eigenvalue weighted by Crippen LogP contribution is -2.43. The Hall–Kier alpha value is -4.38. The van der Waals surface area contributed by atoms with Crippen LogP contribution < -0.4 is 9.47 Å². The van der Waals surface area contributed by atoms with E-state index in [1.165, 1.54) is 66.8 Å². The van der Waals surface area contributed by atoms with Crippen molar-refractivity contribution in [2.75, 3.05) is 14.2 Å². The molecule has 4 heteroatoms. The van der Waals surface area contributed by atoms with Crippen LogP contribution in [0.5, 0.6) is 11.5 Å². The first kappa shape index (κ1) is 25.6. The zero-order valence-electron chi connectivity index (χ0n) is 26.8. The molecule has 4 nitrogen and oxygen atoms in total. The quantitative estimate of drug-likeness (QED) is 0.196. The monoisotopic (exact) mass is 626 g/mol. The Morgan fingerprint density at radius 1 is 0.354 bits per heavy atom. The maximum Gasteiger partial charge on any atom is 0.131 e. The molecule has 8 atom stereocenters. The number of fused-ring (bicyclic) bond motifs is 10. The smallest absolute Gasteiger partial charge is 0.131 e. The lowest BCUT2D eigenvalue weighted by molar-refractivity contribution is 0.0466. The van der Waals surface area contributed by atoms with Crippen LogP contribution in [0.2, 0.25) is 0 Å². The van der Waals surface area contributed by atoms with E-state index in [4.69, 9.17) is 18.9 Å². The second-order valence-electron chi connectivity index (χ2n) is 15.4. The molecule has 8 bridgehead atoms. The summed E-state index contributed by atoms with van der Waals surface area (Å²) in [6, 6.07) is 36.7. The minimum absolute atomic E-state index is 0.0439. The highest BCUT2D eigenvalue weighted by atomic mass is 16.5. The van der Waals surface area contributed by atoms with Gasteiger partial charge in [-0.05, 0) is 44.5 Å². The summed E-state index contributed by atoms with van der Waals surface area (Å²) in [4.78, 5) is 0. The van der Waals surface area contributed by atoms with E-state index in [2.05, 4.69) is 97.1 Å². The third kappa shape index (κ3) is 2.57. The zero-order chi connectivity index (χ0) is 31.2. The summed E-state index contributed by atoms with van der Waals surface area (Å²) in [6.07, 6.45) is -0.176. The number of hydrogen-bond acceptors (Lipinski definition) is 4. The van der Waals surface area contributed by atoms with E-state index < -0.39 is 0 Å². The van der Waals surface area contributed by atoms with Crippen molar-refractivity contribution in [3.63, 3.8) is 0 Å². The molecule has 15 rings (SSSR count). The highest BCUT2D eigenvalue weighted by molar-refractivity contribution is 5.71. The van der Waals surface area contributed by atoms with Crippen molar-refractivity contribution in [1.29, 1.82) is 0 Å². The summed E-state index contributed by atoms with van der Waals surface area (Å²) in [5.74, 6) is 4.63. The van der Waals surface area contributed by atoms with Crippen LogP contribution >= 0.6 is 0 Å². The number of ether oxygens (including phenoxy) is 4. The van der Waals surface area contributed by atoms with Gasteiger partial charge in [-0.1, -0.05) is 97.1 Å². The van der Waals surface area contributed by atoms with Gasteiger partial charge >= 0.3 is 0 Å². The highest BCUT2D eigenvalue weighted by Gasteiger charge is 2.69. The third-order valence-electron chi connectivity index (χ3n) is 14.2. The number of methoxy groups -OCH3 is 2. The van der Waals surface area contributed by atoms with Gasteiger partial charge in [-0.25, -0.2) is 0 Å². The van der Waals surface area contributed by atoms with E-state index in [1.807, 2.05) is 14.2 Å². The third-order valence-corrected chi connectivity index (χ3v) is 14.2. The summed E-state index contributed by atoms with van der Waals surface area (Å²) in [5, 5.41) is 0. The van der Waals surface area contributed by atoms with Gasteiger partial charge in [-0.15, -0.1) is 0 Å². The van der Waals surface area contributed by atoms with Crippen LogP contribution in [0.3, 0.4) is 0 Å². The summed E-state index contributed by atoms with van der Waals surface area (Å²) in [5.41, 5.74) is 16.8. The van der Waals surface area contributed by atoms with Crippen LogP contribution in [0.15, 0.2) is 97.1 Å². The van der Waals surface area contributed by atoms with Crippen molar-refractivity contribution in [1.82, 2.24) is 0 Å². The molecule has 4 heterocycles. The van der Waals surface area contributed by atoms with Crippen molar-refractivity contribution in [2.45, 2.75) is 48.1 Å². The molecule has 0 spiro atoms. The van der Waals surface area contributed by atoms with E-state index in [1.54, 1.807) is 0 Å². The molecule has 48 heavy (non-hydrogen) atoms. The van der Waals surface area contributed by atoms with Crippen LogP contribution in [-0.4, -0.2) is 14.2 Å². The predicted octanol–water partition coefficient (Wildman–Crippen LogP) is 9.00. The van der Waals surface area contributed by atoms with Crippen LogP contribution in [0.4, 0.5) is 0 Å². The molecule has 6 aliphatic carbocycles. The topological polar surface area (TPSA) is 36.9 Å². The normalized spacial score (nSPS) is 36.4. The SMILES string of the molecule is COc1c2c(c(OC)c3c1[C@H]1O[C@H]3[C@H]3C4c5ccccc5C(c5ccccc54)[C@H]31)[C@H]1O[C@H]2[C@@H]2C3c4ccccc4C(c4ccccc43)[C@H]21. The van der Waals surface area contributed by atoms with Gasteiger partial charge in [0.05, 0.1) is 38.6 Å². The first-order valence-corrected chi connectivity index (χ1v) is 17.8. The van der Waals surface area contributed by atoms with Crippen LogP contribution in [0.25, 0.3) is 0 Å². The van der Waals surface area contributed by atoms with E-state index in [9.17, 15) is 0 Å². The first-order chi connectivity index (χ1) is 23.8. The molecule has 2 saturated heterocycles. The maximum absolute atomic E-state index is 7.26. The Kier molecular flexibility index (Phi) is 4.49. The molecular formula is C44H34O4. The van der Waals surface area contributed by atoms with Crippen LogP contribution in [0.1, 0.15) is 115 Å². The van der Waals surface area contributed by atoms with Gasteiger partial charge in [0.25, 0.3) is 0 Å². The summed E-state index contributed by atoms with van der Waals surface area (Å²) in [7, 11) is 3.73. The van der Waals surface area contributed by atoms with Crippen molar-refractivity contribution in [3.8, 4) is 11.5 Å². The lowest BCUT2D eigenvalue weighted by atomic mass is 9.49. The zero-order valence-corrected chi connectivity index (χ0v) is 26.8. The second-order valence-corrected chi connectivity index (χ2v) is 15.4. The predicted molar refractivity (Wildman–Crippen MR) is 180 cm³/mol. The largest absolute Gasteiger partial charge is 0.496 e.